The van der Waals surface area contributed by atoms with E-state index in [1.54, 1.807) is 0 Å². The van der Waals surface area contributed by atoms with Crippen molar-refractivity contribution in [3.05, 3.63) is 39.7 Å². The lowest BCUT2D eigenvalue weighted by molar-refractivity contribution is 0.0999. The molecule has 0 saturated carbocycles. The van der Waals surface area contributed by atoms with Crippen LogP contribution in [0.3, 0.4) is 0 Å². The maximum atomic E-state index is 12.9. The highest BCUT2D eigenvalue weighted by atomic mass is 16.2. The SMILES string of the molecule is CCn1c(NC(C)C)nc(Nc2ccc(N3CCN(C)CC3)c(C)c2)c(C(N)=O)c1=O. The summed E-state index contributed by atoms with van der Waals surface area (Å²) in [5, 5.41) is 6.32. The first kappa shape index (κ1) is 22.6. The molecule has 9 nitrogen and oxygen atoms in total. The zero-order valence-electron chi connectivity index (χ0n) is 19.0. The van der Waals surface area contributed by atoms with Crippen molar-refractivity contribution >= 4 is 29.0 Å². The fourth-order valence-electron chi connectivity index (χ4n) is 3.80. The maximum absolute atomic E-state index is 12.9. The Kier molecular flexibility index (Phi) is 6.84. The number of benzene rings is 1. The minimum absolute atomic E-state index is 0.0714. The van der Waals surface area contributed by atoms with Crippen molar-refractivity contribution < 1.29 is 4.79 Å². The number of amides is 1. The van der Waals surface area contributed by atoms with E-state index in [0.29, 0.717) is 12.5 Å². The molecule has 1 aliphatic rings. The van der Waals surface area contributed by atoms with Gasteiger partial charge in [-0.15, -0.1) is 0 Å². The number of nitrogens with zero attached hydrogens (tertiary/aromatic N) is 4. The molecule has 2 aromatic rings. The summed E-state index contributed by atoms with van der Waals surface area (Å²) in [5.74, 6) is -0.234. The van der Waals surface area contributed by atoms with Crippen LogP contribution in [0, 0.1) is 6.92 Å². The molecule has 1 aliphatic heterocycles. The summed E-state index contributed by atoms with van der Waals surface area (Å²) < 4.78 is 1.42. The molecule has 4 N–H and O–H groups in total. The van der Waals surface area contributed by atoms with Gasteiger partial charge in [0.25, 0.3) is 11.5 Å². The van der Waals surface area contributed by atoms with Gasteiger partial charge in [0.1, 0.15) is 5.56 Å². The van der Waals surface area contributed by atoms with Crippen molar-refractivity contribution in [2.45, 2.75) is 40.3 Å². The minimum Gasteiger partial charge on any atom is -0.369 e. The van der Waals surface area contributed by atoms with E-state index < -0.39 is 11.5 Å². The average molecular weight is 428 g/mol. The number of rotatable bonds is 7. The monoisotopic (exact) mass is 427 g/mol. The molecular weight excluding hydrogens is 394 g/mol. The molecule has 1 amide bonds. The number of piperazine rings is 1. The Labute approximate surface area is 183 Å². The Bertz CT molecular complexity index is 1010. The standard InChI is InChI=1S/C22H33N7O2/c1-6-29-21(31)18(19(23)30)20(26-22(29)24-14(2)3)25-16-7-8-17(15(4)13-16)28-11-9-27(5)10-12-28/h7-8,13-14,25H,6,9-12H2,1-5H3,(H2,23,30)(H,24,26). The number of nitrogens with two attached hydrogens (primary N) is 1. The van der Waals surface area contributed by atoms with Gasteiger partial charge in [-0.1, -0.05) is 0 Å². The molecule has 0 radical (unpaired) electrons. The van der Waals surface area contributed by atoms with E-state index in [0.717, 1.165) is 37.4 Å². The Morgan fingerprint density at radius 2 is 1.90 bits per heavy atom. The van der Waals surface area contributed by atoms with Gasteiger partial charge >= 0.3 is 0 Å². The van der Waals surface area contributed by atoms with Crippen molar-refractivity contribution in [1.82, 2.24) is 14.5 Å². The molecule has 168 valence electrons. The number of primary amides is 1. The number of hydrogen-bond donors (Lipinski definition) is 3. The van der Waals surface area contributed by atoms with Gasteiger partial charge in [-0.05, 0) is 58.5 Å². The fourth-order valence-corrected chi connectivity index (χ4v) is 3.80. The first-order valence-electron chi connectivity index (χ1n) is 10.7. The van der Waals surface area contributed by atoms with E-state index in [-0.39, 0.29) is 17.4 Å². The molecule has 0 atom stereocenters. The number of carbonyl (C=O) groups is 1. The van der Waals surface area contributed by atoms with E-state index in [2.05, 4.69) is 45.5 Å². The highest BCUT2D eigenvalue weighted by Gasteiger charge is 2.21. The summed E-state index contributed by atoms with van der Waals surface area (Å²) >= 11 is 0. The molecule has 3 rings (SSSR count). The summed E-state index contributed by atoms with van der Waals surface area (Å²) in [6, 6.07) is 6.07. The third-order valence-electron chi connectivity index (χ3n) is 5.45. The van der Waals surface area contributed by atoms with E-state index in [1.807, 2.05) is 32.9 Å². The molecule has 9 heteroatoms. The van der Waals surface area contributed by atoms with E-state index in [1.165, 1.54) is 10.3 Å². The molecule has 0 aliphatic carbocycles. The normalized spacial score (nSPS) is 14.7. The van der Waals surface area contributed by atoms with Gasteiger partial charge in [0.05, 0.1) is 0 Å². The van der Waals surface area contributed by atoms with Crippen LogP contribution in [0.2, 0.25) is 0 Å². The second-order valence-corrected chi connectivity index (χ2v) is 8.29. The number of aromatic nitrogens is 2. The molecule has 1 saturated heterocycles. The highest BCUT2D eigenvalue weighted by Crippen LogP contribution is 2.27. The van der Waals surface area contributed by atoms with Gasteiger partial charge in [-0.2, -0.15) is 4.98 Å². The molecule has 0 spiro atoms. The fraction of sp³-hybridized carbons (Fsp3) is 0.500. The van der Waals surface area contributed by atoms with Crippen LogP contribution in [0.25, 0.3) is 0 Å². The zero-order chi connectivity index (χ0) is 22.7. The lowest BCUT2D eigenvalue weighted by Gasteiger charge is -2.35. The summed E-state index contributed by atoms with van der Waals surface area (Å²) in [6.45, 7) is 12.2. The topological polar surface area (TPSA) is 109 Å². The second kappa shape index (κ2) is 9.38. The molecule has 1 aromatic carbocycles. The van der Waals surface area contributed by atoms with E-state index >= 15 is 0 Å². The lowest BCUT2D eigenvalue weighted by Crippen LogP contribution is -2.44. The lowest BCUT2D eigenvalue weighted by atomic mass is 10.1. The first-order valence-corrected chi connectivity index (χ1v) is 10.7. The first-order chi connectivity index (χ1) is 14.7. The van der Waals surface area contributed by atoms with Crippen LogP contribution in [-0.2, 0) is 6.54 Å². The zero-order valence-corrected chi connectivity index (χ0v) is 19.0. The predicted octanol–water partition coefficient (Wildman–Crippen LogP) is 1.99. The largest absolute Gasteiger partial charge is 0.369 e. The van der Waals surface area contributed by atoms with E-state index in [4.69, 9.17) is 5.73 Å². The van der Waals surface area contributed by atoms with Crippen molar-refractivity contribution in [2.24, 2.45) is 5.73 Å². The van der Waals surface area contributed by atoms with Crippen LogP contribution in [0.1, 0.15) is 36.7 Å². The van der Waals surface area contributed by atoms with Gasteiger partial charge in [0.2, 0.25) is 5.95 Å². The Balaban J connectivity index is 1.96. The van der Waals surface area contributed by atoms with Crippen LogP contribution in [0.4, 0.5) is 23.1 Å². The highest BCUT2D eigenvalue weighted by molar-refractivity contribution is 5.98. The number of likely N-dealkylation sites (N-methyl/N-ethyl adjacent to an activating group) is 1. The van der Waals surface area contributed by atoms with Crippen LogP contribution in [-0.4, -0.2) is 59.6 Å². The third kappa shape index (κ3) is 4.99. The van der Waals surface area contributed by atoms with Crippen LogP contribution in [0.5, 0.6) is 0 Å². The van der Waals surface area contributed by atoms with Crippen LogP contribution < -0.4 is 26.8 Å². The average Bonchev–Trinajstić information content (AvgIpc) is 2.68. The number of anilines is 4. The van der Waals surface area contributed by atoms with Crippen molar-refractivity contribution in [2.75, 3.05) is 48.8 Å². The summed E-state index contributed by atoms with van der Waals surface area (Å²) in [5.41, 5.74) is 7.98. The molecule has 2 heterocycles. The predicted molar refractivity (Wildman–Crippen MR) is 126 cm³/mol. The quantitative estimate of drug-likeness (QED) is 0.620. The van der Waals surface area contributed by atoms with Gasteiger partial charge in [0.15, 0.2) is 5.82 Å². The Hall–Kier alpha value is -3.07. The van der Waals surface area contributed by atoms with Gasteiger partial charge in [-0.3, -0.25) is 14.2 Å². The van der Waals surface area contributed by atoms with Gasteiger partial charge in [0, 0.05) is 50.1 Å². The van der Waals surface area contributed by atoms with Gasteiger partial charge < -0.3 is 26.2 Å². The minimum atomic E-state index is -0.802. The smallest absolute Gasteiger partial charge is 0.269 e. The van der Waals surface area contributed by atoms with Crippen molar-refractivity contribution in [3.63, 3.8) is 0 Å². The maximum Gasteiger partial charge on any atom is 0.269 e. The number of hydrogen-bond acceptors (Lipinski definition) is 7. The number of aryl methyl sites for hydroxylation is 1. The molecule has 31 heavy (non-hydrogen) atoms. The van der Waals surface area contributed by atoms with Crippen molar-refractivity contribution in [3.8, 4) is 0 Å². The second-order valence-electron chi connectivity index (χ2n) is 8.29. The Morgan fingerprint density at radius 1 is 1.23 bits per heavy atom. The van der Waals surface area contributed by atoms with Crippen molar-refractivity contribution in [1.29, 1.82) is 0 Å². The summed E-state index contributed by atoms with van der Waals surface area (Å²) in [7, 11) is 2.13. The third-order valence-corrected chi connectivity index (χ3v) is 5.45. The molecule has 0 unspecified atom stereocenters. The molecule has 0 bridgehead atoms. The van der Waals surface area contributed by atoms with Crippen LogP contribution in [0.15, 0.2) is 23.0 Å². The summed E-state index contributed by atoms with van der Waals surface area (Å²) in [6.07, 6.45) is 0. The summed E-state index contributed by atoms with van der Waals surface area (Å²) in [4.78, 5) is 34.3. The molecule has 1 fully saturated rings. The number of carbonyl (C=O) groups excluding carboxylic acids is 1. The number of nitrogens with one attached hydrogen (secondary N) is 2. The molecular formula is C22H33N7O2. The van der Waals surface area contributed by atoms with Crippen LogP contribution >= 0.6 is 0 Å². The Morgan fingerprint density at radius 3 is 2.45 bits per heavy atom. The van der Waals surface area contributed by atoms with Gasteiger partial charge in [-0.25, -0.2) is 0 Å². The van der Waals surface area contributed by atoms with E-state index in [9.17, 15) is 9.59 Å². The molecule has 1 aromatic heterocycles.